The molecule has 0 unspecified atom stereocenters. The van der Waals surface area contributed by atoms with Gasteiger partial charge in [0.05, 0.1) is 16.7 Å². The SMILES string of the molecule is CCCNc1cc(-n2cnc3ccccc32)ccn1. The molecule has 3 aromatic rings. The van der Waals surface area contributed by atoms with Crippen LogP contribution in [0.25, 0.3) is 16.7 Å². The van der Waals surface area contributed by atoms with E-state index in [1.807, 2.05) is 42.9 Å². The lowest BCUT2D eigenvalue weighted by molar-refractivity contribution is 0.966. The van der Waals surface area contributed by atoms with Crippen molar-refractivity contribution in [2.24, 2.45) is 0 Å². The van der Waals surface area contributed by atoms with Crippen molar-refractivity contribution in [2.75, 3.05) is 11.9 Å². The van der Waals surface area contributed by atoms with Gasteiger partial charge in [-0.15, -0.1) is 0 Å². The Balaban J connectivity index is 2.01. The molecule has 0 aliphatic heterocycles. The molecule has 1 aromatic carbocycles. The maximum Gasteiger partial charge on any atom is 0.127 e. The highest BCUT2D eigenvalue weighted by molar-refractivity contribution is 5.77. The number of pyridine rings is 1. The van der Waals surface area contributed by atoms with Gasteiger partial charge in [-0.3, -0.25) is 4.57 Å². The third-order valence-electron chi connectivity index (χ3n) is 3.03. The molecule has 3 rings (SSSR count). The molecule has 0 spiro atoms. The molecule has 1 N–H and O–H groups in total. The first-order chi connectivity index (χ1) is 9.38. The van der Waals surface area contributed by atoms with Gasteiger partial charge in [0, 0.05) is 18.8 Å². The van der Waals surface area contributed by atoms with Crippen LogP contribution in [0.4, 0.5) is 5.82 Å². The molecule has 4 heteroatoms. The van der Waals surface area contributed by atoms with Crippen molar-refractivity contribution < 1.29 is 0 Å². The summed E-state index contributed by atoms with van der Waals surface area (Å²) in [4.78, 5) is 8.73. The summed E-state index contributed by atoms with van der Waals surface area (Å²) in [6.45, 7) is 3.07. The maximum absolute atomic E-state index is 4.41. The topological polar surface area (TPSA) is 42.7 Å². The summed E-state index contributed by atoms with van der Waals surface area (Å²) in [6, 6.07) is 12.2. The Morgan fingerprint density at radius 2 is 2.05 bits per heavy atom. The van der Waals surface area contributed by atoms with Gasteiger partial charge in [0.25, 0.3) is 0 Å². The van der Waals surface area contributed by atoms with E-state index < -0.39 is 0 Å². The van der Waals surface area contributed by atoms with Gasteiger partial charge in [-0.2, -0.15) is 0 Å². The number of imidazole rings is 1. The maximum atomic E-state index is 4.41. The van der Waals surface area contributed by atoms with Crippen molar-refractivity contribution in [3.8, 4) is 5.69 Å². The van der Waals surface area contributed by atoms with Gasteiger partial charge in [-0.05, 0) is 24.6 Å². The zero-order valence-electron chi connectivity index (χ0n) is 10.9. The van der Waals surface area contributed by atoms with E-state index in [0.29, 0.717) is 0 Å². The van der Waals surface area contributed by atoms with Crippen molar-refractivity contribution in [2.45, 2.75) is 13.3 Å². The highest BCUT2D eigenvalue weighted by Crippen LogP contribution is 2.19. The van der Waals surface area contributed by atoms with Crippen LogP contribution in [0.1, 0.15) is 13.3 Å². The lowest BCUT2D eigenvalue weighted by Crippen LogP contribution is -2.02. The van der Waals surface area contributed by atoms with Crippen LogP contribution in [0.5, 0.6) is 0 Å². The Bertz CT molecular complexity index is 687. The first-order valence-electron chi connectivity index (χ1n) is 6.51. The van der Waals surface area contributed by atoms with E-state index in [1.54, 1.807) is 0 Å². The van der Waals surface area contributed by atoms with Gasteiger partial charge in [0.1, 0.15) is 12.1 Å². The van der Waals surface area contributed by atoms with E-state index >= 15 is 0 Å². The standard InChI is InChI=1S/C15H16N4/c1-2-8-16-15-10-12(7-9-17-15)19-11-18-13-5-3-4-6-14(13)19/h3-7,9-11H,2,8H2,1H3,(H,16,17). The Morgan fingerprint density at radius 3 is 2.95 bits per heavy atom. The van der Waals surface area contributed by atoms with Gasteiger partial charge in [-0.1, -0.05) is 19.1 Å². The number of hydrogen-bond acceptors (Lipinski definition) is 3. The van der Waals surface area contributed by atoms with Crippen LogP contribution < -0.4 is 5.32 Å². The van der Waals surface area contributed by atoms with E-state index in [-0.39, 0.29) is 0 Å². The van der Waals surface area contributed by atoms with Gasteiger partial charge in [0.15, 0.2) is 0 Å². The second-order valence-electron chi connectivity index (χ2n) is 4.43. The molecule has 0 amide bonds. The fraction of sp³-hybridized carbons (Fsp3) is 0.200. The summed E-state index contributed by atoms with van der Waals surface area (Å²) in [6.07, 6.45) is 4.76. The van der Waals surface area contributed by atoms with Crippen molar-refractivity contribution in [3.05, 3.63) is 48.9 Å². The molecule has 2 heterocycles. The summed E-state index contributed by atoms with van der Waals surface area (Å²) in [5, 5.41) is 3.30. The summed E-state index contributed by atoms with van der Waals surface area (Å²) >= 11 is 0. The van der Waals surface area contributed by atoms with E-state index in [2.05, 4.69) is 32.8 Å². The van der Waals surface area contributed by atoms with Crippen molar-refractivity contribution in [3.63, 3.8) is 0 Å². The Morgan fingerprint density at radius 1 is 1.16 bits per heavy atom. The molecular formula is C15H16N4. The summed E-state index contributed by atoms with van der Waals surface area (Å²) < 4.78 is 2.08. The first-order valence-corrected chi connectivity index (χ1v) is 6.51. The molecule has 0 radical (unpaired) electrons. The Labute approximate surface area is 112 Å². The lowest BCUT2D eigenvalue weighted by atomic mass is 10.3. The second-order valence-corrected chi connectivity index (χ2v) is 4.43. The largest absolute Gasteiger partial charge is 0.370 e. The quantitative estimate of drug-likeness (QED) is 0.775. The smallest absolute Gasteiger partial charge is 0.127 e. The second kappa shape index (κ2) is 5.10. The number of hydrogen-bond donors (Lipinski definition) is 1. The predicted molar refractivity (Wildman–Crippen MR) is 77.6 cm³/mol. The Kier molecular flexibility index (Phi) is 3.14. The molecule has 0 atom stereocenters. The summed E-state index contributed by atoms with van der Waals surface area (Å²) in [5.41, 5.74) is 3.18. The predicted octanol–water partition coefficient (Wildman–Crippen LogP) is 3.24. The zero-order valence-corrected chi connectivity index (χ0v) is 10.9. The van der Waals surface area contributed by atoms with E-state index in [1.165, 1.54) is 0 Å². The molecule has 19 heavy (non-hydrogen) atoms. The number of nitrogens with zero attached hydrogens (tertiary/aromatic N) is 3. The number of anilines is 1. The average molecular weight is 252 g/mol. The molecule has 0 fully saturated rings. The van der Waals surface area contributed by atoms with Crippen LogP contribution in [-0.2, 0) is 0 Å². The normalized spacial score (nSPS) is 10.8. The molecule has 0 aliphatic carbocycles. The van der Waals surface area contributed by atoms with Gasteiger partial charge in [0.2, 0.25) is 0 Å². The number of benzene rings is 1. The highest BCUT2D eigenvalue weighted by atomic mass is 15.1. The number of aromatic nitrogens is 3. The molecule has 4 nitrogen and oxygen atoms in total. The van der Waals surface area contributed by atoms with Crippen molar-refractivity contribution >= 4 is 16.9 Å². The van der Waals surface area contributed by atoms with Gasteiger partial charge < -0.3 is 5.32 Å². The summed E-state index contributed by atoms with van der Waals surface area (Å²) in [5.74, 6) is 0.900. The van der Waals surface area contributed by atoms with E-state index in [9.17, 15) is 0 Å². The van der Waals surface area contributed by atoms with Crippen LogP contribution >= 0.6 is 0 Å². The summed E-state index contributed by atoms with van der Waals surface area (Å²) in [7, 11) is 0. The van der Waals surface area contributed by atoms with Crippen LogP contribution in [-0.4, -0.2) is 21.1 Å². The fourth-order valence-corrected chi connectivity index (χ4v) is 2.08. The first kappa shape index (κ1) is 11.7. The monoisotopic (exact) mass is 252 g/mol. The highest BCUT2D eigenvalue weighted by Gasteiger charge is 2.04. The molecule has 2 aromatic heterocycles. The Hall–Kier alpha value is -2.36. The zero-order chi connectivity index (χ0) is 13.1. The molecular weight excluding hydrogens is 236 g/mol. The van der Waals surface area contributed by atoms with Crippen molar-refractivity contribution in [1.82, 2.24) is 14.5 Å². The third kappa shape index (κ3) is 2.29. The van der Waals surface area contributed by atoms with Crippen LogP contribution in [0.15, 0.2) is 48.9 Å². The number of rotatable bonds is 4. The van der Waals surface area contributed by atoms with Crippen LogP contribution in [0.3, 0.4) is 0 Å². The minimum atomic E-state index is 0.900. The number of nitrogens with one attached hydrogen (secondary N) is 1. The average Bonchev–Trinajstić information content (AvgIpc) is 2.89. The minimum absolute atomic E-state index is 0.900. The fourth-order valence-electron chi connectivity index (χ4n) is 2.08. The van der Waals surface area contributed by atoms with E-state index in [4.69, 9.17) is 0 Å². The van der Waals surface area contributed by atoms with E-state index in [0.717, 1.165) is 35.5 Å². The molecule has 0 saturated heterocycles. The third-order valence-corrected chi connectivity index (χ3v) is 3.03. The van der Waals surface area contributed by atoms with Crippen LogP contribution in [0, 0.1) is 0 Å². The van der Waals surface area contributed by atoms with Crippen molar-refractivity contribution in [1.29, 1.82) is 0 Å². The molecule has 0 bridgehead atoms. The number of fused-ring (bicyclic) bond motifs is 1. The van der Waals surface area contributed by atoms with Crippen LogP contribution in [0.2, 0.25) is 0 Å². The molecule has 0 aliphatic rings. The van der Waals surface area contributed by atoms with Gasteiger partial charge in [-0.25, -0.2) is 9.97 Å². The number of para-hydroxylation sites is 2. The lowest BCUT2D eigenvalue weighted by Gasteiger charge is -2.07. The minimum Gasteiger partial charge on any atom is -0.370 e. The molecule has 96 valence electrons. The molecule has 0 saturated carbocycles. The van der Waals surface area contributed by atoms with Gasteiger partial charge >= 0.3 is 0 Å².